The molecule has 2 aromatic rings. The second-order valence-corrected chi connectivity index (χ2v) is 5.42. The fourth-order valence-electron chi connectivity index (χ4n) is 1.91. The van der Waals surface area contributed by atoms with Crippen molar-refractivity contribution in [2.24, 2.45) is 5.73 Å². The van der Waals surface area contributed by atoms with E-state index >= 15 is 0 Å². The smallest absolute Gasteiger partial charge is 0.311 e. The highest BCUT2D eigenvalue weighted by atomic mass is 35.5. The van der Waals surface area contributed by atoms with Gasteiger partial charge >= 0.3 is 5.97 Å². The van der Waals surface area contributed by atoms with E-state index in [1.807, 2.05) is 0 Å². The van der Waals surface area contributed by atoms with Gasteiger partial charge in [0.2, 0.25) is 6.10 Å². The Morgan fingerprint density at radius 2 is 1.73 bits per heavy atom. The third-order valence-corrected chi connectivity index (χ3v) is 3.68. The number of rotatable bonds is 5. The quantitative estimate of drug-likeness (QED) is 0.851. The predicted octanol–water partition coefficient (Wildman–Crippen LogP) is 3.31. The largest absolute Gasteiger partial charge is 0.447 e. The van der Waals surface area contributed by atoms with E-state index in [0.717, 1.165) is 0 Å². The van der Waals surface area contributed by atoms with Crippen LogP contribution in [-0.4, -0.2) is 11.9 Å². The van der Waals surface area contributed by atoms with Crippen molar-refractivity contribution in [1.29, 1.82) is 0 Å². The molecule has 114 valence electrons. The summed E-state index contributed by atoms with van der Waals surface area (Å²) in [5, 5.41) is 0.750. The molecule has 0 aliphatic heterocycles. The Balaban J connectivity index is 2.08. The third kappa shape index (κ3) is 4.23. The molecule has 0 spiro atoms. The number of carbonyl (C=O) groups is 2. The monoisotopic (exact) mass is 337 g/mol. The lowest BCUT2D eigenvalue weighted by Crippen LogP contribution is -2.26. The Bertz CT molecular complexity index is 689. The van der Waals surface area contributed by atoms with Gasteiger partial charge in [0.15, 0.2) is 0 Å². The molecule has 1 unspecified atom stereocenters. The average molecular weight is 338 g/mol. The summed E-state index contributed by atoms with van der Waals surface area (Å²) in [5.74, 6) is -1.31. The molecular formula is C16H13Cl2NO3. The van der Waals surface area contributed by atoms with Gasteiger partial charge in [-0.1, -0.05) is 59.6 Å². The van der Waals surface area contributed by atoms with Gasteiger partial charge in [0.25, 0.3) is 5.91 Å². The highest BCUT2D eigenvalue weighted by molar-refractivity contribution is 6.42. The van der Waals surface area contributed by atoms with Crippen LogP contribution in [0.4, 0.5) is 0 Å². The minimum Gasteiger partial charge on any atom is -0.447 e. The van der Waals surface area contributed by atoms with Gasteiger partial charge in [-0.05, 0) is 17.7 Å². The van der Waals surface area contributed by atoms with Gasteiger partial charge in [0, 0.05) is 5.56 Å². The highest BCUT2D eigenvalue weighted by Crippen LogP contribution is 2.23. The number of ether oxygens (including phenoxy) is 1. The molecule has 0 radical (unpaired) electrons. The molecule has 0 bridgehead atoms. The summed E-state index contributed by atoms with van der Waals surface area (Å²) >= 11 is 11.7. The topological polar surface area (TPSA) is 69.4 Å². The maximum Gasteiger partial charge on any atom is 0.311 e. The molecule has 2 N–H and O–H groups in total. The first-order chi connectivity index (χ1) is 10.5. The Labute approximate surface area is 137 Å². The van der Waals surface area contributed by atoms with E-state index in [4.69, 9.17) is 33.7 Å². The number of hydrogen-bond acceptors (Lipinski definition) is 3. The van der Waals surface area contributed by atoms with Crippen LogP contribution in [0.2, 0.25) is 10.0 Å². The summed E-state index contributed by atoms with van der Waals surface area (Å²) in [6.07, 6.45) is -1.15. The number of esters is 1. The molecule has 6 heteroatoms. The Morgan fingerprint density at radius 3 is 2.32 bits per heavy atom. The number of nitrogens with two attached hydrogens (primary N) is 1. The Hall–Kier alpha value is -2.04. The van der Waals surface area contributed by atoms with E-state index < -0.39 is 18.0 Å². The Kier molecular flexibility index (Phi) is 5.41. The van der Waals surface area contributed by atoms with Crippen LogP contribution in [0.15, 0.2) is 48.5 Å². The second-order valence-electron chi connectivity index (χ2n) is 4.61. The van der Waals surface area contributed by atoms with E-state index in [1.54, 1.807) is 48.5 Å². The fourth-order valence-corrected chi connectivity index (χ4v) is 2.23. The van der Waals surface area contributed by atoms with Crippen molar-refractivity contribution in [3.63, 3.8) is 0 Å². The summed E-state index contributed by atoms with van der Waals surface area (Å²) in [7, 11) is 0. The van der Waals surface area contributed by atoms with Crippen LogP contribution in [0, 0.1) is 0 Å². The number of halogens is 2. The maximum atomic E-state index is 12.0. The van der Waals surface area contributed by atoms with Gasteiger partial charge in [-0.15, -0.1) is 0 Å². The van der Waals surface area contributed by atoms with Crippen molar-refractivity contribution >= 4 is 35.1 Å². The standard InChI is InChI=1S/C16H13Cl2NO3/c17-12-7-6-10(8-13(12)18)9-14(20)22-15(16(19)21)11-4-2-1-3-5-11/h1-8,15H,9H2,(H2,19,21). The predicted molar refractivity (Wildman–Crippen MR) is 84.6 cm³/mol. The molecule has 0 saturated carbocycles. The summed E-state index contributed by atoms with van der Waals surface area (Å²) in [5.41, 5.74) is 6.46. The van der Waals surface area contributed by atoms with E-state index in [1.165, 1.54) is 0 Å². The van der Waals surface area contributed by atoms with Gasteiger partial charge < -0.3 is 10.5 Å². The lowest BCUT2D eigenvalue weighted by atomic mass is 10.1. The molecule has 0 aliphatic rings. The molecule has 0 aromatic heterocycles. The average Bonchev–Trinajstić information content (AvgIpc) is 2.49. The molecule has 1 amide bonds. The van der Waals surface area contributed by atoms with Crippen LogP contribution < -0.4 is 5.73 Å². The maximum absolute atomic E-state index is 12.0. The van der Waals surface area contributed by atoms with E-state index in [0.29, 0.717) is 21.2 Å². The SMILES string of the molecule is NC(=O)C(OC(=O)Cc1ccc(Cl)c(Cl)c1)c1ccccc1. The summed E-state index contributed by atoms with van der Waals surface area (Å²) < 4.78 is 5.18. The fraction of sp³-hybridized carbons (Fsp3) is 0.125. The van der Waals surface area contributed by atoms with Crippen LogP contribution in [0.25, 0.3) is 0 Å². The Morgan fingerprint density at radius 1 is 1.05 bits per heavy atom. The summed E-state index contributed by atoms with van der Waals surface area (Å²) in [6.45, 7) is 0. The minimum atomic E-state index is -1.11. The van der Waals surface area contributed by atoms with Gasteiger partial charge in [0.05, 0.1) is 16.5 Å². The van der Waals surface area contributed by atoms with Gasteiger partial charge in [-0.2, -0.15) is 0 Å². The van der Waals surface area contributed by atoms with E-state index in [-0.39, 0.29) is 6.42 Å². The van der Waals surface area contributed by atoms with Crippen LogP contribution in [0.1, 0.15) is 17.2 Å². The number of benzene rings is 2. The van der Waals surface area contributed by atoms with Crippen LogP contribution in [0.3, 0.4) is 0 Å². The van der Waals surface area contributed by atoms with Crippen LogP contribution in [0.5, 0.6) is 0 Å². The molecular weight excluding hydrogens is 325 g/mol. The zero-order chi connectivity index (χ0) is 16.1. The molecule has 1 atom stereocenters. The van der Waals surface area contributed by atoms with Gasteiger partial charge in [-0.25, -0.2) is 0 Å². The molecule has 0 fully saturated rings. The van der Waals surface area contributed by atoms with Gasteiger partial charge in [-0.3, -0.25) is 9.59 Å². The molecule has 4 nitrogen and oxygen atoms in total. The first-order valence-electron chi connectivity index (χ1n) is 6.45. The first kappa shape index (κ1) is 16.3. The zero-order valence-electron chi connectivity index (χ0n) is 11.5. The number of hydrogen-bond donors (Lipinski definition) is 1. The van der Waals surface area contributed by atoms with Crippen LogP contribution in [-0.2, 0) is 20.7 Å². The number of primary amides is 1. The van der Waals surface area contributed by atoms with Crippen LogP contribution >= 0.6 is 23.2 Å². The van der Waals surface area contributed by atoms with Crippen molar-refractivity contribution in [2.75, 3.05) is 0 Å². The molecule has 0 saturated heterocycles. The van der Waals surface area contributed by atoms with Crippen molar-refractivity contribution in [3.8, 4) is 0 Å². The second kappa shape index (κ2) is 7.29. The summed E-state index contributed by atoms with van der Waals surface area (Å²) in [4.78, 5) is 23.5. The molecule has 0 heterocycles. The molecule has 2 aromatic carbocycles. The lowest BCUT2D eigenvalue weighted by molar-refractivity contribution is -0.154. The lowest BCUT2D eigenvalue weighted by Gasteiger charge is -2.15. The molecule has 2 rings (SSSR count). The first-order valence-corrected chi connectivity index (χ1v) is 7.20. The number of amides is 1. The third-order valence-electron chi connectivity index (χ3n) is 2.94. The summed E-state index contributed by atoms with van der Waals surface area (Å²) in [6, 6.07) is 13.4. The van der Waals surface area contributed by atoms with Gasteiger partial charge in [0.1, 0.15) is 0 Å². The zero-order valence-corrected chi connectivity index (χ0v) is 13.0. The minimum absolute atomic E-state index is 0.0342. The van der Waals surface area contributed by atoms with Crippen molar-refractivity contribution in [3.05, 3.63) is 69.7 Å². The van der Waals surface area contributed by atoms with E-state index in [2.05, 4.69) is 0 Å². The van der Waals surface area contributed by atoms with Crippen molar-refractivity contribution in [1.82, 2.24) is 0 Å². The highest BCUT2D eigenvalue weighted by Gasteiger charge is 2.22. The van der Waals surface area contributed by atoms with Crippen molar-refractivity contribution in [2.45, 2.75) is 12.5 Å². The van der Waals surface area contributed by atoms with Crippen molar-refractivity contribution < 1.29 is 14.3 Å². The molecule has 22 heavy (non-hydrogen) atoms. The number of carbonyl (C=O) groups excluding carboxylic acids is 2. The van der Waals surface area contributed by atoms with E-state index in [9.17, 15) is 9.59 Å². The molecule has 0 aliphatic carbocycles. The normalized spacial score (nSPS) is 11.7.